The number of carbonyl (C=O) groups is 1. The van der Waals surface area contributed by atoms with E-state index in [9.17, 15) is 4.79 Å². The van der Waals surface area contributed by atoms with Crippen LogP contribution in [0.15, 0.2) is 53.1 Å². The van der Waals surface area contributed by atoms with Crippen molar-refractivity contribution in [3.05, 3.63) is 58.7 Å². The van der Waals surface area contributed by atoms with Gasteiger partial charge in [0.1, 0.15) is 11.9 Å². The van der Waals surface area contributed by atoms with Crippen LogP contribution >= 0.6 is 15.9 Å². The molecule has 1 aromatic heterocycles. The molecule has 2 aromatic rings. The van der Waals surface area contributed by atoms with E-state index in [1.807, 2.05) is 42.3 Å². The van der Waals surface area contributed by atoms with E-state index in [-0.39, 0.29) is 24.2 Å². The molecular weight excluding hydrogens is 370 g/mol. The van der Waals surface area contributed by atoms with Crippen molar-refractivity contribution < 1.29 is 9.53 Å². The SMILES string of the molecule is C[C@@H]1C[C@H](OC(=O)c2ccc(Br)cc2)[C@H](C)N(c2ccccn2)N1. The zero-order valence-corrected chi connectivity index (χ0v) is 15.2. The first kappa shape index (κ1) is 16.9. The van der Waals surface area contributed by atoms with Crippen molar-refractivity contribution in [2.24, 2.45) is 0 Å². The van der Waals surface area contributed by atoms with Crippen molar-refractivity contribution in [2.45, 2.75) is 38.5 Å². The van der Waals surface area contributed by atoms with Crippen molar-refractivity contribution in [2.75, 3.05) is 5.01 Å². The smallest absolute Gasteiger partial charge is 0.338 e. The Hall–Kier alpha value is -1.92. The van der Waals surface area contributed by atoms with E-state index in [1.54, 1.807) is 18.3 Å². The second-order valence-corrected chi connectivity index (χ2v) is 6.93. The Balaban J connectivity index is 1.74. The van der Waals surface area contributed by atoms with Crippen LogP contribution in [0.25, 0.3) is 0 Å². The van der Waals surface area contributed by atoms with Crippen LogP contribution in [-0.2, 0) is 4.74 Å². The molecule has 1 fully saturated rings. The Kier molecular flexibility index (Phi) is 5.16. The summed E-state index contributed by atoms with van der Waals surface area (Å²) in [5.74, 6) is 0.524. The van der Waals surface area contributed by atoms with E-state index in [2.05, 4.69) is 33.3 Å². The Morgan fingerprint density at radius 3 is 2.67 bits per heavy atom. The summed E-state index contributed by atoms with van der Waals surface area (Å²) in [7, 11) is 0. The minimum atomic E-state index is -0.297. The highest BCUT2D eigenvalue weighted by atomic mass is 79.9. The van der Waals surface area contributed by atoms with Gasteiger partial charge in [-0.25, -0.2) is 15.2 Å². The van der Waals surface area contributed by atoms with Crippen LogP contribution in [0.3, 0.4) is 0 Å². The van der Waals surface area contributed by atoms with E-state index in [0.717, 1.165) is 16.7 Å². The van der Waals surface area contributed by atoms with Crippen LogP contribution in [0.4, 0.5) is 5.82 Å². The van der Waals surface area contributed by atoms with Gasteiger partial charge >= 0.3 is 5.97 Å². The van der Waals surface area contributed by atoms with Gasteiger partial charge in [0.15, 0.2) is 0 Å². The van der Waals surface area contributed by atoms with Gasteiger partial charge in [0.25, 0.3) is 0 Å². The molecule has 5 nitrogen and oxygen atoms in total. The molecule has 1 N–H and O–H groups in total. The Bertz CT molecular complexity index is 693. The first-order valence-electron chi connectivity index (χ1n) is 7.97. The number of pyridine rings is 1. The van der Waals surface area contributed by atoms with Crippen LogP contribution in [0.2, 0.25) is 0 Å². The van der Waals surface area contributed by atoms with Crippen molar-refractivity contribution in [1.29, 1.82) is 0 Å². The fourth-order valence-electron chi connectivity index (χ4n) is 2.83. The second-order valence-electron chi connectivity index (χ2n) is 6.02. The summed E-state index contributed by atoms with van der Waals surface area (Å²) in [6.07, 6.45) is 2.30. The number of nitrogens with zero attached hydrogens (tertiary/aromatic N) is 2. The van der Waals surface area contributed by atoms with Gasteiger partial charge in [-0.2, -0.15) is 0 Å². The minimum absolute atomic E-state index is 0.0181. The summed E-state index contributed by atoms with van der Waals surface area (Å²) in [5, 5.41) is 1.98. The zero-order valence-electron chi connectivity index (χ0n) is 13.6. The Labute approximate surface area is 150 Å². The van der Waals surface area contributed by atoms with E-state index >= 15 is 0 Å². The number of rotatable bonds is 3. The molecule has 126 valence electrons. The zero-order chi connectivity index (χ0) is 17.1. The summed E-state index contributed by atoms with van der Waals surface area (Å²) in [6, 6.07) is 13.1. The van der Waals surface area contributed by atoms with Crippen LogP contribution in [0.1, 0.15) is 30.6 Å². The highest BCUT2D eigenvalue weighted by Crippen LogP contribution is 2.24. The topological polar surface area (TPSA) is 54.5 Å². The normalized spacial score (nSPS) is 23.8. The molecule has 0 spiro atoms. The van der Waals surface area contributed by atoms with Crippen LogP contribution < -0.4 is 10.4 Å². The number of hydrazine groups is 1. The molecule has 0 unspecified atom stereocenters. The molecule has 2 heterocycles. The highest BCUT2D eigenvalue weighted by molar-refractivity contribution is 9.10. The van der Waals surface area contributed by atoms with Gasteiger partial charge in [-0.1, -0.05) is 22.0 Å². The van der Waals surface area contributed by atoms with Gasteiger partial charge in [0, 0.05) is 23.1 Å². The molecule has 3 rings (SSSR count). The van der Waals surface area contributed by atoms with Gasteiger partial charge < -0.3 is 4.74 Å². The molecule has 6 heteroatoms. The van der Waals surface area contributed by atoms with Crippen LogP contribution in [-0.4, -0.2) is 29.1 Å². The van der Waals surface area contributed by atoms with E-state index in [4.69, 9.17) is 4.74 Å². The number of halogens is 1. The number of anilines is 1. The number of ether oxygens (including phenoxy) is 1. The quantitative estimate of drug-likeness (QED) is 0.813. The fraction of sp³-hybridized carbons (Fsp3) is 0.333. The molecular formula is C18H20BrN3O2. The third-order valence-corrected chi connectivity index (χ3v) is 4.65. The minimum Gasteiger partial charge on any atom is -0.456 e. The average molecular weight is 390 g/mol. The molecule has 1 saturated heterocycles. The molecule has 1 aliphatic rings. The first-order valence-corrected chi connectivity index (χ1v) is 8.77. The van der Waals surface area contributed by atoms with Crippen molar-refractivity contribution >= 4 is 27.7 Å². The Morgan fingerprint density at radius 2 is 2.00 bits per heavy atom. The number of aromatic nitrogens is 1. The highest BCUT2D eigenvalue weighted by Gasteiger charge is 2.35. The third-order valence-electron chi connectivity index (χ3n) is 4.13. The number of carbonyl (C=O) groups excluding carboxylic acids is 1. The maximum Gasteiger partial charge on any atom is 0.338 e. The third kappa shape index (κ3) is 3.76. The number of hydrogen-bond acceptors (Lipinski definition) is 5. The largest absolute Gasteiger partial charge is 0.456 e. The van der Waals surface area contributed by atoms with Crippen LogP contribution in [0, 0.1) is 0 Å². The lowest BCUT2D eigenvalue weighted by molar-refractivity contribution is 0.0120. The maximum atomic E-state index is 12.4. The van der Waals surface area contributed by atoms with Gasteiger partial charge in [0.2, 0.25) is 0 Å². The molecule has 0 bridgehead atoms. The Morgan fingerprint density at radius 1 is 1.25 bits per heavy atom. The number of esters is 1. The summed E-state index contributed by atoms with van der Waals surface area (Å²) < 4.78 is 6.72. The van der Waals surface area contributed by atoms with Crippen LogP contribution in [0.5, 0.6) is 0 Å². The molecule has 3 atom stereocenters. The van der Waals surface area contributed by atoms with Gasteiger partial charge in [0.05, 0.1) is 11.6 Å². The van der Waals surface area contributed by atoms with Crippen molar-refractivity contribution in [1.82, 2.24) is 10.4 Å². The summed E-state index contributed by atoms with van der Waals surface area (Å²) in [4.78, 5) is 16.8. The lowest BCUT2D eigenvalue weighted by Crippen LogP contribution is -2.60. The first-order chi connectivity index (χ1) is 11.5. The standard InChI is InChI=1S/C18H20BrN3O2/c1-12-11-16(24-18(23)14-6-8-15(19)9-7-14)13(2)22(21-12)17-5-3-4-10-20-17/h3-10,12-13,16,21H,11H2,1-2H3/t12-,13+,16+/m1/s1. The van der Waals surface area contributed by atoms with Gasteiger partial charge in [-0.15, -0.1) is 0 Å². The monoisotopic (exact) mass is 389 g/mol. The summed E-state index contributed by atoms with van der Waals surface area (Å²) in [5.41, 5.74) is 3.96. The summed E-state index contributed by atoms with van der Waals surface area (Å²) >= 11 is 3.37. The van der Waals surface area contributed by atoms with E-state index in [0.29, 0.717) is 5.56 Å². The molecule has 0 amide bonds. The van der Waals surface area contributed by atoms with Gasteiger partial charge in [-0.3, -0.25) is 5.01 Å². The molecule has 0 saturated carbocycles. The predicted molar refractivity (Wildman–Crippen MR) is 96.7 cm³/mol. The predicted octanol–water partition coefficient (Wildman–Crippen LogP) is 3.56. The fourth-order valence-corrected chi connectivity index (χ4v) is 3.09. The lowest BCUT2D eigenvalue weighted by Gasteiger charge is -2.42. The molecule has 0 aliphatic carbocycles. The van der Waals surface area contributed by atoms with Crippen molar-refractivity contribution in [3.8, 4) is 0 Å². The number of hydrogen-bond donors (Lipinski definition) is 1. The molecule has 0 radical (unpaired) electrons. The molecule has 1 aromatic carbocycles. The van der Waals surface area contributed by atoms with Gasteiger partial charge in [-0.05, 0) is 50.2 Å². The average Bonchev–Trinajstić information content (AvgIpc) is 2.59. The maximum absolute atomic E-state index is 12.4. The van der Waals surface area contributed by atoms with Crippen molar-refractivity contribution in [3.63, 3.8) is 0 Å². The van der Waals surface area contributed by atoms with E-state index < -0.39 is 0 Å². The molecule has 1 aliphatic heterocycles. The lowest BCUT2D eigenvalue weighted by atomic mass is 10.0. The second kappa shape index (κ2) is 7.32. The number of benzene rings is 1. The summed E-state index contributed by atoms with van der Waals surface area (Å²) in [6.45, 7) is 4.11. The molecule has 24 heavy (non-hydrogen) atoms. The van der Waals surface area contributed by atoms with E-state index in [1.165, 1.54) is 0 Å². The number of nitrogens with one attached hydrogen (secondary N) is 1.